The van der Waals surface area contributed by atoms with Crippen LogP contribution in [-0.4, -0.2) is 24.2 Å². The van der Waals surface area contributed by atoms with Gasteiger partial charge in [0.05, 0.1) is 6.10 Å². The lowest BCUT2D eigenvalue weighted by molar-refractivity contribution is 0.0932. The average molecular weight is 148 g/mol. The summed E-state index contributed by atoms with van der Waals surface area (Å²) in [5.74, 6) is 2.32. The van der Waals surface area contributed by atoms with Gasteiger partial charge in [-0.3, -0.25) is 0 Å². The van der Waals surface area contributed by atoms with Gasteiger partial charge in [0, 0.05) is 12.4 Å². The van der Waals surface area contributed by atoms with Gasteiger partial charge in [0.2, 0.25) is 0 Å². The molecule has 2 heteroatoms. The first kappa shape index (κ1) is 9.31. The van der Waals surface area contributed by atoms with Crippen molar-refractivity contribution in [1.29, 1.82) is 0 Å². The van der Waals surface area contributed by atoms with Gasteiger partial charge in [0.25, 0.3) is 0 Å². The molecular formula is C7H16OS. The summed E-state index contributed by atoms with van der Waals surface area (Å²) in [5, 5.41) is 0. The maximum atomic E-state index is 5.32. The molecule has 0 N–H and O–H groups in total. The van der Waals surface area contributed by atoms with Gasteiger partial charge < -0.3 is 4.74 Å². The van der Waals surface area contributed by atoms with Gasteiger partial charge in [0.1, 0.15) is 0 Å². The molecule has 0 rings (SSSR count). The van der Waals surface area contributed by atoms with Crippen LogP contribution in [-0.2, 0) is 4.74 Å². The van der Waals surface area contributed by atoms with Crippen molar-refractivity contribution >= 4 is 11.8 Å². The standard InChI is InChI=1S/C7H16OS/c1-4-8-7(3)6-9-5-2/h7H,4-6H2,1-3H3. The fraction of sp³-hybridized carbons (Fsp3) is 1.00. The molecule has 0 spiro atoms. The van der Waals surface area contributed by atoms with Crippen LogP contribution in [0.1, 0.15) is 20.8 Å². The zero-order valence-electron chi connectivity index (χ0n) is 6.52. The average Bonchev–Trinajstić information content (AvgIpc) is 1.85. The summed E-state index contributed by atoms with van der Waals surface area (Å²) in [5.41, 5.74) is 0. The summed E-state index contributed by atoms with van der Waals surface area (Å²) >= 11 is 1.93. The predicted octanol–water partition coefficient (Wildman–Crippen LogP) is 2.16. The Morgan fingerprint density at radius 2 is 2.11 bits per heavy atom. The maximum absolute atomic E-state index is 5.32. The molecule has 0 aliphatic rings. The Bertz CT molecular complexity index is 56.9. The van der Waals surface area contributed by atoms with E-state index < -0.39 is 0 Å². The van der Waals surface area contributed by atoms with E-state index >= 15 is 0 Å². The highest BCUT2D eigenvalue weighted by atomic mass is 32.2. The molecular weight excluding hydrogens is 132 g/mol. The predicted molar refractivity (Wildman–Crippen MR) is 44.1 cm³/mol. The molecule has 0 radical (unpaired) electrons. The third-order valence-electron chi connectivity index (χ3n) is 1.01. The Hall–Kier alpha value is 0.310. The van der Waals surface area contributed by atoms with Crippen LogP contribution >= 0.6 is 11.8 Å². The van der Waals surface area contributed by atoms with E-state index in [1.807, 2.05) is 18.7 Å². The summed E-state index contributed by atoms with van der Waals surface area (Å²) < 4.78 is 5.32. The van der Waals surface area contributed by atoms with Crippen LogP contribution in [0.25, 0.3) is 0 Å². The molecule has 0 bridgehead atoms. The second-order valence-electron chi connectivity index (χ2n) is 1.93. The summed E-state index contributed by atoms with van der Waals surface area (Å²) in [6, 6.07) is 0. The van der Waals surface area contributed by atoms with Gasteiger partial charge in [-0.15, -0.1) is 0 Å². The molecule has 0 aliphatic heterocycles. The number of rotatable bonds is 5. The van der Waals surface area contributed by atoms with E-state index in [-0.39, 0.29) is 0 Å². The highest BCUT2D eigenvalue weighted by Gasteiger charge is 1.97. The van der Waals surface area contributed by atoms with Crippen molar-refractivity contribution in [3.63, 3.8) is 0 Å². The first-order valence-electron chi connectivity index (χ1n) is 3.50. The second kappa shape index (κ2) is 6.43. The van der Waals surface area contributed by atoms with E-state index in [0.29, 0.717) is 6.10 Å². The van der Waals surface area contributed by atoms with Crippen molar-refractivity contribution < 1.29 is 4.74 Å². The number of hydrogen-bond acceptors (Lipinski definition) is 2. The van der Waals surface area contributed by atoms with Crippen LogP contribution in [0.4, 0.5) is 0 Å². The molecule has 0 aromatic carbocycles. The lowest BCUT2D eigenvalue weighted by Crippen LogP contribution is -2.10. The normalized spacial score (nSPS) is 13.7. The zero-order valence-corrected chi connectivity index (χ0v) is 7.33. The largest absolute Gasteiger partial charge is 0.378 e. The van der Waals surface area contributed by atoms with Crippen LogP contribution in [0.15, 0.2) is 0 Å². The van der Waals surface area contributed by atoms with E-state index in [9.17, 15) is 0 Å². The van der Waals surface area contributed by atoms with Crippen LogP contribution in [0.2, 0.25) is 0 Å². The van der Waals surface area contributed by atoms with Gasteiger partial charge >= 0.3 is 0 Å². The molecule has 0 saturated heterocycles. The molecule has 1 unspecified atom stereocenters. The summed E-state index contributed by atoms with van der Waals surface area (Å²) in [6.07, 6.45) is 0.431. The van der Waals surface area contributed by atoms with Crippen molar-refractivity contribution in [3.8, 4) is 0 Å². The van der Waals surface area contributed by atoms with E-state index in [1.54, 1.807) is 0 Å². The minimum Gasteiger partial charge on any atom is -0.378 e. The Morgan fingerprint density at radius 3 is 2.56 bits per heavy atom. The Kier molecular flexibility index (Phi) is 6.65. The van der Waals surface area contributed by atoms with Crippen molar-refractivity contribution in [1.82, 2.24) is 0 Å². The van der Waals surface area contributed by atoms with Crippen molar-refractivity contribution in [2.75, 3.05) is 18.1 Å². The Labute approximate surface area is 62.2 Å². The second-order valence-corrected chi connectivity index (χ2v) is 3.24. The lowest BCUT2D eigenvalue weighted by Gasteiger charge is -2.08. The quantitative estimate of drug-likeness (QED) is 0.591. The molecule has 0 aromatic heterocycles. The van der Waals surface area contributed by atoms with Gasteiger partial charge in [-0.1, -0.05) is 6.92 Å². The summed E-state index contributed by atoms with van der Waals surface area (Å²) in [6.45, 7) is 7.16. The molecule has 1 nitrogen and oxygen atoms in total. The molecule has 0 fully saturated rings. The minimum absolute atomic E-state index is 0.431. The van der Waals surface area contributed by atoms with Crippen molar-refractivity contribution in [2.45, 2.75) is 26.9 Å². The van der Waals surface area contributed by atoms with Gasteiger partial charge in [-0.05, 0) is 19.6 Å². The highest BCUT2D eigenvalue weighted by molar-refractivity contribution is 7.99. The summed E-state index contributed by atoms with van der Waals surface area (Å²) in [4.78, 5) is 0. The van der Waals surface area contributed by atoms with Crippen LogP contribution in [0, 0.1) is 0 Å². The SMILES string of the molecule is CCOC(C)CSCC. The van der Waals surface area contributed by atoms with Crippen molar-refractivity contribution in [3.05, 3.63) is 0 Å². The molecule has 0 heterocycles. The Morgan fingerprint density at radius 1 is 1.44 bits per heavy atom. The first-order valence-corrected chi connectivity index (χ1v) is 4.66. The molecule has 1 atom stereocenters. The van der Waals surface area contributed by atoms with E-state index in [1.165, 1.54) is 5.75 Å². The van der Waals surface area contributed by atoms with Gasteiger partial charge in [-0.2, -0.15) is 11.8 Å². The van der Waals surface area contributed by atoms with E-state index in [4.69, 9.17) is 4.74 Å². The fourth-order valence-electron chi connectivity index (χ4n) is 0.616. The van der Waals surface area contributed by atoms with Gasteiger partial charge in [0.15, 0.2) is 0 Å². The smallest absolute Gasteiger partial charge is 0.0637 e. The maximum Gasteiger partial charge on any atom is 0.0637 e. The van der Waals surface area contributed by atoms with Crippen molar-refractivity contribution in [2.24, 2.45) is 0 Å². The third kappa shape index (κ3) is 6.19. The minimum atomic E-state index is 0.431. The van der Waals surface area contributed by atoms with Crippen LogP contribution in [0.3, 0.4) is 0 Å². The Balaban J connectivity index is 2.95. The molecule has 56 valence electrons. The monoisotopic (exact) mass is 148 g/mol. The number of ether oxygens (including phenoxy) is 1. The van der Waals surface area contributed by atoms with Crippen LogP contribution < -0.4 is 0 Å². The van der Waals surface area contributed by atoms with E-state index in [0.717, 1.165) is 12.4 Å². The highest BCUT2D eigenvalue weighted by Crippen LogP contribution is 2.03. The van der Waals surface area contributed by atoms with Crippen LogP contribution in [0.5, 0.6) is 0 Å². The molecule has 0 saturated carbocycles. The fourth-order valence-corrected chi connectivity index (χ4v) is 1.28. The molecule has 0 aliphatic carbocycles. The molecule has 0 aromatic rings. The number of hydrogen-bond donors (Lipinski definition) is 0. The molecule has 9 heavy (non-hydrogen) atoms. The third-order valence-corrected chi connectivity index (χ3v) is 2.12. The number of thioether (sulfide) groups is 1. The topological polar surface area (TPSA) is 9.23 Å². The summed E-state index contributed by atoms with van der Waals surface area (Å²) in [7, 11) is 0. The van der Waals surface area contributed by atoms with E-state index in [2.05, 4.69) is 13.8 Å². The zero-order chi connectivity index (χ0) is 7.11. The lowest BCUT2D eigenvalue weighted by atomic mass is 10.5. The molecule has 0 amide bonds. The first-order chi connectivity index (χ1) is 4.31. The van der Waals surface area contributed by atoms with Gasteiger partial charge in [-0.25, -0.2) is 0 Å².